The molecule has 0 bridgehead atoms. The average molecular weight is 245 g/mol. The number of aryl methyl sites for hydroxylation is 1. The lowest BCUT2D eigenvalue weighted by molar-refractivity contribution is -0.140. The highest BCUT2D eigenvalue weighted by atomic mass is 35.5. The Hall–Kier alpha value is -1.29. The van der Waals surface area contributed by atoms with Crippen molar-refractivity contribution in [2.45, 2.75) is 25.2 Å². The zero-order chi connectivity index (χ0) is 12.1. The van der Waals surface area contributed by atoms with Gasteiger partial charge in [-0.15, -0.1) is 0 Å². The lowest BCUT2D eigenvalue weighted by Crippen LogP contribution is -2.20. The van der Waals surface area contributed by atoms with Gasteiger partial charge in [-0.1, -0.05) is 11.6 Å². The maximum absolute atomic E-state index is 13.3. The summed E-state index contributed by atoms with van der Waals surface area (Å²) < 4.78 is 13.3. The molecule has 2 N–H and O–H groups in total. The van der Waals surface area contributed by atoms with Gasteiger partial charge < -0.3 is 10.2 Å². The van der Waals surface area contributed by atoms with Crippen molar-refractivity contribution < 1.29 is 19.4 Å². The van der Waals surface area contributed by atoms with Crippen molar-refractivity contribution in [3.63, 3.8) is 0 Å². The van der Waals surface area contributed by atoms with Crippen molar-refractivity contribution in [3.8, 4) is 5.75 Å². The van der Waals surface area contributed by atoms with Crippen LogP contribution in [0.2, 0.25) is 5.02 Å². The number of benzene rings is 1. The first-order valence-electron chi connectivity index (χ1n) is 4.81. The van der Waals surface area contributed by atoms with E-state index < -0.39 is 23.0 Å². The molecule has 0 radical (unpaired) electrons. The number of carboxylic acid groups (broad SMARTS) is 1. The van der Waals surface area contributed by atoms with E-state index in [4.69, 9.17) is 16.7 Å². The quantitative estimate of drug-likeness (QED) is 0.841. The molecule has 0 heterocycles. The summed E-state index contributed by atoms with van der Waals surface area (Å²) in [7, 11) is 0. The normalized spacial score (nSPS) is 17.2. The Bertz CT molecular complexity index is 454. The number of aromatic hydroxyl groups is 1. The van der Waals surface area contributed by atoms with E-state index in [9.17, 15) is 14.3 Å². The molecule has 0 aliphatic heterocycles. The Labute approximate surface area is 96.5 Å². The molecular formula is C11H10ClFO3. The number of phenols is 1. The second kappa shape index (κ2) is 3.35. The monoisotopic (exact) mass is 244 g/mol. The number of carboxylic acids is 1. The molecule has 86 valence electrons. The second-order valence-electron chi connectivity index (χ2n) is 4.10. The molecule has 0 amide bonds. The van der Waals surface area contributed by atoms with Crippen LogP contribution < -0.4 is 0 Å². The number of phenolic OH excluding ortho intramolecular Hbond substituents is 1. The topological polar surface area (TPSA) is 57.5 Å². The van der Waals surface area contributed by atoms with Gasteiger partial charge in [-0.05, 0) is 31.4 Å². The second-order valence-corrected chi connectivity index (χ2v) is 4.48. The standard InChI is InChI=1S/C11H10ClFO3/c1-5-4-6(13)9(14)7(8(5)12)11(2-3-11)10(15)16/h4,14H,2-3H2,1H3,(H,15,16). The molecule has 1 fully saturated rings. The Morgan fingerprint density at radius 3 is 2.56 bits per heavy atom. The van der Waals surface area contributed by atoms with Crippen LogP contribution in [0.1, 0.15) is 24.0 Å². The van der Waals surface area contributed by atoms with E-state index >= 15 is 0 Å². The van der Waals surface area contributed by atoms with E-state index in [0.29, 0.717) is 18.4 Å². The molecule has 0 spiro atoms. The summed E-state index contributed by atoms with van der Waals surface area (Å²) in [5.74, 6) is -2.55. The van der Waals surface area contributed by atoms with E-state index in [1.54, 1.807) is 6.92 Å². The molecule has 0 saturated heterocycles. The van der Waals surface area contributed by atoms with E-state index in [2.05, 4.69) is 0 Å². The summed E-state index contributed by atoms with van der Waals surface area (Å²) in [6.45, 7) is 1.58. The smallest absolute Gasteiger partial charge is 0.314 e. The Kier molecular flexibility index (Phi) is 2.35. The van der Waals surface area contributed by atoms with E-state index in [1.165, 1.54) is 0 Å². The van der Waals surface area contributed by atoms with Crippen LogP contribution in [-0.4, -0.2) is 16.2 Å². The fourth-order valence-electron chi connectivity index (χ4n) is 1.87. The predicted octanol–water partition coefficient (Wildman–Crippen LogP) is 2.61. The van der Waals surface area contributed by atoms with Crippen molar-refractivity contribution in [1.29, 1.82) is 0 Å². The SMILES string of the molecule is Cc1cc(F)c(O)c(C2(C(=O)O)CC2)c1Cl. The van der Waals surface area contributed by atoms with Crippen molar-refractivity contribution in [3.05, 3.63) is 28.0 Å². The fraction of sp³-hybridized carbons (Fsp3) is 0.364. The lowest BCUT2D eigenvalue weighted by Gasteiger charge is -2.16. The van der Waals surface area contributed by atoms with Crippen LogP contribution in [0.4, 0.5) is 4.39 Å². The molecule has 1 aromatic rings. The van der Waals surface area contributed by atoms with Gasteiger partial charge in [-0.25, -0.2) is 4.39 Å². The van der Waals surface area contributed by atoms with Gasteiger partial charge in [0.15, 0.2) is 11.6 Å². The average Bonchev–Trinajstić information content (AvgIpc) is 2.97. The highest BCUT2D eigenvalue weighted by Gasteiger charge is 2.55. The van der Waals surface area contributed by atoms with Crippen molar-refractivity contribution in [2.24, 2.45) is 0 Å². The first-order valence-corrected chi connectivity index (χ1v) is 5.19. The summed E-state index contributed by atoms with van der Waals surface area (Å²) in [5, 5.41) is 18.8. The van der Waals surface area contributed by atoms with Gasteiger partial charge in [0.25, 0.3) is 0 Å². The molecule has 1 aliphatic carbocycles. The third-order valence-corrected chi connectivity index (χ3v) is 3.50. The number of carbonyl (C=O) groups is 1. The molecule has 0 aromatic heterocycles. The fourth-order valence-corrected chi connectivity index (χ4v) is 2.20. The highest BCUT2D eigenvalue weighted by Crippen LogP contribution is 2.54. The largest absolute Gasteiger partial charge is 0.505 e. The van der Waals surface area contributed by atoms with E-state index in [0.717, 1.165) is 6.07 Å². The summed E-state index contributed by atoms with van der Waals surface area (Å²) in [4.78, 5) is 11.1. The number of rotatable bonds is 2. The van der Waals surface area contributed by atoms with Crippen molar-refractivity contribution >= 4 is 17.6 Å². The molecule has 5 heteroatoms. The predicted molar refractivity (Wildman–Crippen MR) is 56.4 cm³/mol. The van der Waals surface area contributed by atoms with E-state index in [1.807, 2.05) is 0 Å². The zero-order valence-corrected chi connectivity index (χ0v) is 9.31. The number of hydrogen-bond donors (Lipinski definition) is 2. The van der Waals surface area contributed by atoms with Gasteiger partial charge in [0, 0.05) is 5.56 Å². The minimum absolute atomic E-state index is 0.0131. The van der Waals surface area contributed by atoms with Gasteiger partial charge in [0.1, 0.15) is 0 Å². The van der Waals surface area contributed by atoms with Gasteiger partial charge in [0.2, 0.25) is 0 Å². The number of halogens is 2. The Morgan fingerprint density at radius 1 is 1.56 bits per heavy atom. The van der Waals surface area contributed by atoms with Crippen molar-refractivity contribution in [1.82, 2.24) is 0 Å². The van der Waals surface area contributed by atoms with Crippen LogP contribution in [-0.2, 0) is 10.2 Å². The molecule has 1 aromatic carbocycles. The minimum atomic E-state index is -1.20. The van der Waals surface area contributed by atoms with Crippen LogP contribution in [0, 0.1) is 12.7 Å². The molecule has 16 heavy (non-hydrogen) atoms. The maximum Gasteiger partial charge on any atom is 0.314 e. The molecule has 1 saturated carbocycles. The van der Waals surface area contributed by atoms with Crippen LogP contribution in [0.15, 0.2) is 6.07 Å². The number of hydrogen-bond acceptors (Lipinski definition) is 2. The van der Waals surface area contributed by atoms with Crippen LogP contribution >= 0.6 is 11.6 Å². The van der Waals surface area contributed by atoms with Crippen LogP contribution in [0.25, 0.3) is 0 Å². The summed E-state index contributed by atoms with van der Waals surface area (Å²) in [5.41, 5.74) is -0.757. The Balaban J connectivity index is 2.70. The minimum Gasteiger partial charge on any atom is -0.505 e. The molecule has 2 rings (SSSR count). The third-order valence-electron chi connectivity index (χ3n) is 3.01. The first kappa shape index (κ1) is 11.2. The summed E-state index contributed by atoms with van der Waals surface area (Å²) >= 11 is 5.95. The van der Waals surface area contributed by atoms with Crippen LogP contribution in [0.3, 0.4) is 0 Å². The molecule has 0 atom stereocenters. The van der Waals surface area contributed by atoms with Crippen LogP contribution in [0.5, 0.6) is 5.75 Å². The maximum atomic E-state index is 13.3. The molecular weight excluding hydrogens is 235 g/mol. The van der Waals surface area contributed by atoms with Gasteiger partial charge in [0.05, 0.1) is 10.4 Å². The molecule has 3 nitrogen and oxygen atoms in total. The lowest BCUT2D eigenvalue weighted by atomic mass is 9.93. The van der Waals surface area contributed by atoms with E-state index in [-0.39, 0.29) is 10.6 Å². The molecule has 0 unspecified atom stereocenters. The number of aliphatic carboxylic acids is 1. The third kappa shape index (κ3) is 1.37. The van der Waals surface area contributed by atoms with Gasteiger partial charge in [-0.3, -0.25) is 4.79 Å². The van der Waals surface area contributed by atoms with Gasteiger partial charge >= 0.3 is 5.97 Å². The Morgan fingerprint density at radius 2 is 2.12 bits per heavy atom. The zero-order valence-electron chi connectivity index (χ0n) is 8.55. The van der Waals surface area contributed by atoms with Gasteiger partial charge in [-0.2, -0.15) is 0 Å². The summed E-state index contributed by atoms with van der Waals surface area (Å²) in [6.07, 6.45) is 0.747. The first-order chi connectivity index (χ1) is 7.40. The van der Waals surface area contributed by atoms with Crippen molar-refractivity contribution in [2.75, 3.05) is 0 Å². The highest BCUT2D eigenvalue weighted by molar-refractivity contribution is 6.32. The molecule has 1 aliphatic rings. The summed E-state index contributed by atoms with van der Waals surface area (Å²) in [6, 6.07) is 1.10.